The Bertz CT molecular complexity index is 487. The Kier molecular flexibility index (Phi) is 3.90. The van der Waals surface area contributed by atoms with E-state index in [0.29, 0.717) is 0 Å². The number of methoxy groups -OCH3 is 2. The van der Waals surface area contributed by atoms with E-state index in [1.54, 1.807) is 7.11 Å². The van der Waals surface area contributed by atoms with E-state index in [-0.39, 0.29) is 29.1 Å². The van der Waals surface area contributed by atoms with E-state index in [0.717, 1.165) is 18.9 Å². The summed E-state index contributed by atoms with van der Waals surface area (Å²) in [5, 5.41) is 3.04. The number of nitrogen functional groups attached to an aromatic ring is 1. The predicted molar refractivity (Wildman–Crippen MR) is 69.6 cm³/mol. The molecule has 0 aliphatic heterocycles. The number of esters is 1. The van der Waals surface area contributed by atoms with Gasteiger partial charge in [-0.15, -0.1) is 0 Å². The Morgan fingerprint density at radius 3 is 2.68 bits per heavy atom. The zero-order chi connectivity index (χ0) is 14.0. The number of hydrogen-bond donors (Lipinski definition) is 2. The summed E-state index contributed by atoms with van der Waals surface area (Å²) in [4.78, 5) is 11.5. The van der Waals surface area contributed by atoms with Crippen molar-refractivity contribution in [2.75, 3.05) is 25.3 Å². The van der Waals surface area contributed by atoms with Crippen LogP contribution in [0.5, 0.6) is 0 Å². The molecule has 1 aliphatic carbocycles. The summed E-state index contributed by atoms with van der Waals surface area (Å²) in [6.45, 7) is 0. The number of nitrogens with one attached hydrogen (secondary N) is 1. The van der Waals surface area contributed by atoms with Crippen molar-refractivity contribution in [3.05, 3.63) is 23.5 Å². The van der Waals surface area contributed by atoms with Gasteiger partial charge in [0.1, 0.15) is 5.82 Å². The Morgan fingerprint density at radius 2 is 2.11 bits per heavy atom. The maximum atomic E-state index is 13.8. The minimum atomic E-state index is -0.580. The molecular weight excluding hydrogens is 251 g/mol. The minimum absolute atomic E-state index is 0.0678. The molecular formula is C13H17FN2O3. The lowest BCUT2D eigenvalue weighted by Gasteiger charge is -2.35. The molecule has 1 aromatic carbocycles. The van der Waals surface area contributed by atoms with Gasteiger partial charge < -0.3 is 20.5 Å². The normalized spacial score (nSPS) is 21.6. The monoisotopic (exact) mass is 268 g/mol. The van der Waals surface area contributed by atoms with Gasteiger partial charge in [0.15, 0.2) is 0 Å². The van der Waals surface area contributed by atoms with Gasteiger partial charge in [0, 0.05) is 18.8 Å². The zero-order valence-electron chi connectivity index (χ0n) is 10.9. The van der Waals surface area contributed by atoms with Gasteiger partial charge in [0.05, 0.1) is 24.5 Å². The first kappa shape index (κ1) is 13.6. The third-order valence-corrected chi connectivity index (χ3v) is 3.33. The summed E-state index contributed by atoms with van der Waals surface area (Å²) in [6.07, 6.45) is 1.84. The number of hydrogen-bond acceptors (Lipinski definition) is 5. The van der Waals surface area contributed by atoms with Crippen LogP contribution < -0.4 is 11.1 Å². The third kappa shape index (κ3) is 2.78. The molecule has 0 amide bonds. The maximum Gasteiger partial charge on any atom is 0.340 e. The molecule has 0 atom stereocenters. The number of ether oxygens (including phenoxy) is 2. The molecule has 5 nitrogen and oxygen atoms in total. The van der Waals surface area contributed by atoms with Crippen molar-refractivity contribution in [1.82, 2.24) is 0 Å². The summed E-state index contributed by atoms with van der Waals surface area (Å²) in [5.74, 6) is -1.06. The Balaban J connectivity index is 2.14. The molecule has 1 aromatic rings. The molecule has 2 rings (SSSR count). The highest BCUT2D eigenvalue weighted by molar-refractivity contribution is 5.96. The highest BCUT2D eigenvalue weighted by Gasteiger charge is 2.29. The van der Waals surface area contributed by atoms with Gasteiger partial charge in [-0.25, -0.2) is 9.18 Å². The minimum Gasteiger partial charge on any atom is -0.465 e. The van der Waals surface area contributed by atoms with Gasteiger partial charge in [0.2, 0.25) is 0 Å². The van der Waals surface area contributed by atoms with E-state index in [4.69, 9.17) is 10.5 Å². The van der Waals surface area contributed by atoms with Gasteiger partial charge >= 0.3 is 5.97 Å². The van der Waals surface area contributed by atoms with Crippen molar-refractivity contribution < 1.29 is 18.7 Å². The highest BCUT2D eigenvalue weighted by atomic mass is 19.1. The second kappa shape index (κ2) is 5.44. The fraction of sp³-hybridized carbons (Fsp3) is 0.462. The van der Waals surface area contributed by atoms with Gasteiger partial charge in [-0.1, -0.05) is 0 Å². The first-order valence-electron chi connectivity index (χ1n) is 6.01. The van der Waals surface area contributed by atoms with Gasteiger partial charge in [-0.05, 0) is 25.0 Å². The number of halogens is 1. The lowest BCUT2D eigenvalue weighted by atomic mass is 9.89. The SMILES string of the molecule is COC(=O)c1cc(NC2CC(OC)C2)c(F)cc1N. The molecule has 1 fully saturated rings. The average molecular weight is 268 g/mol. The Labute approximate surface area is 110 Å². The molecule has 0 aromatic heterocycles. The molecule has 104 valence electrons. The Morgan fingerprint density at radius 1 is 1.42 bits per heavy atom. The van der Waals surface area contributed by atoms with Crippen molar-refractivity contribution in [2.24, 2.45) is 0 Å². The highest BCUT2D eigenvalue weighted by Crippen LogP contribution is 2.29. The van der Waals surface area contributed by atoms with E-state index in [1.165, 1.54) is 13.2 Å². The second-order valence-corrected chi connectivity index (χ2v) is 4.58. The standard InChI is InChI=1S/C13H17FN2O3/c1-18-8-3-7(4-8)16-12-5-9(13(17)19-2)11(15)6-10(12)14/h5-8,16H,3-4,15H2,1-2H3. The lowest BCUT2D eigenvalue weighted by Crippen LogP contribution is -2.40. The largest absolute Gasteiger partial charge is 0.465 e. The van der Waals surface area contributed by atoms with Crippen molar-refractivity contribution >= 4 is 17.3 Å². The van der Waals surface area contributed by atoms with E-state index in [2.05, 4.69) is 10.1 Å². The van der Waals surface area contributed by atoms with Crippen molar-refractivity contribution in [3.63, 3.8) is 0 Å². The van der Waals surface area contributed by atoms with E-state index in [9.17, 15) is 9.18 Å². The van der Waals surface area contributed by atoms with Gasteiger partial charge in [-0.3, -0.25) is 0 Å². The van der Waals surface area contributed by atoms with E-state index < -0.39 is 11.8 Å². The van der Waals surface area contributed by atoms with Crippen LogP contribution in [0.1, 0.15) is 23.2 Å². The number of rotatable bonds is 4. The van der Waals surface area contributed by atoms with Crippen molar-refractivity contribution in [2.45, 2.75) is 25.0 Å². The molecule has 0 heterocycles. The molecule has 0 spiro atoms. The van der Waals surface area contributed by atoms with Crippen molar-refractivity contribution in [3.8, 4) is 0 Å². The van der Waals surface area contributed by atoms with Crippen LogP contribution in [0.15, 0.2) is 12.1 Å². The fourth-order valence-corrected chi connectivity index (χ4v) is 2.08. The van der Waals surface area contributed by atoms with Gasteiger partial charge in [-0.2, -0.15) is 0 Å². The second-order valence-electron chi connectivity index (χ2n) is 4.58. The average Bonchev–Trinajstić information content (AvgIpc) is 2.34. The smallest absolute Gasteiger partial charge is 0.340 e. The van der Waals surface area contributed by atoms with Crippen LogP contribution in [-0.2, 0) is 9.47 Å². The molecule has 3 N–H and O–H groups in total. The summed E-state index contributed by atoms with van der Waals surface area (Å²) in [5.41, 5.74) is 6.09. The van der Waals surface area contributed by atoms with Crippen LogP contribution in [0.2, 0.25) is 0 Å². The lowest BCUT2D eigenvalue weighted by molar-refractivity contribution is 0.0328. The number of anilines is 2. The third-order valence-electron chi connectivity index (χ3n) is 3.33. The van der Waals surface area contributed by atoms with Crippen LogP contribution in [0.3, 0.4) is 0 Å². The maximum absolute atomic E-state index is 13.8. The molecule has 0 saturated heterocycles. The van der Waals surface area contributed by atoms with Crippen LogP contribution >= 0.6 is 0 Å². The molecule has 1 saturated carbocycles. The van der Waals surface area contributed by atoms with E-state index in [1.807, 2.05) is 0 Å². The molecule has 19 heavy (non-hydrogen) atoms. The van der Waals surface area contributed by atoms with Crippen LogP contribution in [0.4, 0.5) is 15.8 Å². The number of nitrogens with two attached hydrogens (primary N) is 1. The first-order chi connectivity index (χ1) is 9.05. The molecule has 6 heteroatoms. The predicted octanol–water partition coefficient (Wildman–Crippen LogP) is 1.78. The number of carbonyl (C=O) groups excluding carboxylic acids is 1. The van der Waals surface area contributed by atoms with Crippen LogP contribution in [0.25, 0.3) is 0 Å². The van der Waals surface area contributed by atoms with E-state index >= 15 is 0 Å². The topological polar surface area (TPSA) is 73.6 Å². The quantitative estimate of drug-likeness (QED) is 0.643. The molecule has 1 aliphatic rings. The molecule has 0 unspecified atom stereocenters. The molecule has 0 bridgehead atoms. The summed E-state index contributed by atoms with van der Waals surface area (Å²) in [6, 6.07) is 2.66. The van der Waals surface area contributed by atoms with Crippen LogP contribution in [0, 0.1) is 5.82 Å². The first-order valence-corrected chi connectivity index (χ1v) is 6.01. The number of benzene rings is 1. The zero-order valence-corrected chi connectivity index (χ0v) is 10.9. The summed E-state index contributed by atoms with van der Waals surface area (Å²) < 4.78 is 23.5. The number of carbonyl (C=O) groups is 1. The van der Waals surface area contributed by atoms with Crippen molar-refractivity contribution in [1.29, 1.82) is 0 Å². The Hall–Kier alpha value is -1.82. The summed E-state index contributed by atoms with van der Waals surface area (Å²) in [7, 11) is 2.91. The fourth-order valence-electron chi connectivity index (χ4n) is 2.08. The molecule has 0 radical (unpaired) electrons. The van der Waals surface area contributed by atoms with Crippen LogP contribution in [-0.4, -0.2) is 32.3 Å². The van der Waals surface area contributed by atoms with Gasteiger partial charge in [0.25, 0.3) is 0 Å². The summed E-state index contributed by atoms with van der Waals surface area (Å²) >= 11 is 0.